The molecule has 3 N–H and O–H groups in total. The summed E-state index contributed by atoms with van der Waals surface area (Å²) in [6.45, 7) is 3.72. The largest absolute Gasteiger partial charge is 0.306 e. The third-order valence-electron chi connectivity index (χ3n) is 0.324. The fourth-order valence-electron chi connectivity index (χ4n) is 0.227. The van der Waals surface area contributed by atoms with E-state index in [1.54, 1.807) is 0 Å². The van der Waals surface area contributed by atoms with Gasteiger partial charge < -0.3 is 4.52 Å². The summed E-state index contributed by atoms with van der Waals surface area (Å²) >= 11 is 0. The van der Waals surface area contributed by atoms with Crippen LogP contribution in [0.3, 0.4) is 0 Å². The lowest BCUT2D eigenvalue weighted by Gasteiger charge is -2.01. The average Bonchev–Trinajstić information content (AvgIpc) is 1.27. The van der Waals surface area contributed by atoms with Gasteiger partial charge in [-0.15, -0.1) is 0 Å². The topological polar surface area (TPSA) is 59.1 Å². The maximum Gasteiger partial charge on any atom is 0.153 e. The van der Waals surface area contributed by atoms with Crippen molar-refractivity contribution in [1.29, 1.82) is 5.16 Å². The van der Waals surface area contributed by atoms with E-state index >= 15 is 0 Å². The molecule has 0 aliphatic heterocycles. The highest BCUT2D eigenvalue weighted by molar-refractivity contribution is 7.37. The predicted molar refractivity (Wildman–Crippen MR) is 30.0 cm³/mol. The molecule has 0 rings (SSSR count). The molecule has 1 radical (unpaired) electrons. The van der Waals surface area contributed by atoms with Crippen LogP contribution in [0.5, 0.6) is 0 Å². The van der Waals surface area contributed by atoms with Crippen molar-refractivity contribution in [2.45, 2.75) is 20.0 Å². The first kappa shape index (κ1) is 7.02. The van der Waals surface area contributed by atoms with E-state index < -0.39 is 8.09 Å². The van der Waals surface area contributed by atoms with Gasteiger partial charge in [-0.3, -0.25) is 10.7 Å². The van der Waals surface area contributed by atoms with Crippen LogP contribution in [-0.2, 0) is 4.52 Å². The Bertz CT molecular complexity index is 73.3. The molecule has 0 aromatic rings. The molecular weight excluding hydrogens is 111 g/mol. The van der Waals surface area contributed by atoms with Gasteiger partial charge in [0.1, 0.15) is 0 Å². The molecule has 0 fully saturated rings. The Labute approximate surface area is 44.3 Å². The summed E-state index contributed by atoms with van der Waals surface area (Å²) in [5.74, 6) is 0. The summed E-state index contributed by atoms with van der Waals surface area (Å²) in [6.07, 6.45) is 0.0913. The Morgan fingerprint density at radius 2 is 2.14 bits per heavy atom. The van der Waals surface area contributed by atoms with E-state index in [2.05, 4.69) is 0 Å². The number of rotatable bonds is 2. The van der Waals surface area contributed by atoms with Crippen molar-refractivity contribution < 1.29 is 4.52 Å². The minimum Gasteiger partial charge on any atom is -0.306 e. The Morgan fingerprint density at radius 3 is 2.14 bits per heavy atom. The molecule has 3 nitrogen and oxygen atoms in total. The van der Waals surface area contributed by atoms with Crippen LogP contribution in [0.4, 0.5) is 0 Å². The Kier molecular flexibility index (Phi) is 3.09. The zero-order valence-corrected chi connectivity index (χ0v) is 5.40. The molecule has 0 saturated heterocycles. The molecule has 43 valence electrons. The lowest BCUT2D eigenvalue weighted by molar-refractivity contribution is 0.274. The molecule has 0 saturated carbocycles. The summed E-state index contributed by atoms with van der Waals surface area (Å²) in [5, 5.41) is 6.73. The van der Waals surface area contributed by atoms with Gasteiger partial charge in [-0.05, 0) is 13.8 Å². The average molecular weight is 121 g/mol. The number of nitrogens with two attached hydrogens (primary N) is 1. The second kappa shape index (κ2) is 3.08. The summed E-state index contributed by atoms with van der Waals surface area (Å²) in [7, 11) is -1.39. The molecule has 0 spiro atoms. The van der Waals surface area contributed by atoms with Gasteiger partial charge in [0, 0.05) is 0 Å². The monoisotopic (exact) mass is 121 g/mol. The highest BCUT2D eigenvalue weighted by Gasteiger charge is 1.90. The van der Waals surface area contributed by atoms with Gasteiger partial charge in [0.25, 0.3) is 0 Å². The van der Waals surface area contributed by atoms with Gasteiger partial charge in [0.05, 0.1) is 6.10 Å². The highest BCUT2D eigenvalue weighted by atomic mass is 31.1. The first-order valence-electron chi connectivity index (χ1n) is 2.05. The SMILES string of the molecule is CC(C)O[P](=N)N. The van der Waals surface area contributed by atoms with Crippen molar-refractivity contribution in [2.75, 3.05) is 0 Å². The fourth-order valence-corrected chi connectivity index (χ4v) is 0.681. The van der Waals surface area contributed by atoms with Crippen LogP contribution in [0, 0.1) is 5.16 Å². The lowest BCUT2D eigenvalue weighted by Crippen LogP contribution is -1.96. The van der Waals surface area contributed by atoms with E-state index in [9.17, 15) is 0 Å². The van der Waals surface area contributed by atoms with Gasteiger partial charge >= 0.3 is 0 Å². The first-order valence-corrected chi connectivity index (χ1v) is 3.38. The van der Waals surface area contributed by atoms with Gasteiger partial charge in [-0.2, -0.15) is 0 Å². The molecule has 0 aromatic heterocycles. The molecule has 0 amide bonds. The van der Waals surface area contributed by atoms with Crippen molar-refractivity contribution in [1.82, 2.24) is 0 Å². The minimum atomic E-state index is -1.39. The van der Waals surface area contributed by atoms with Crippen LogP contribution >= 0.6 is 8.09 Å². The fraction of sp³-hybridized carbons (Fsp3) is 1.00. The molecule has 4 heteroatoms. The zero-order chi connectivity index (χ0) is 5.86. The molecular formula is C3H10N2OP. The van der Waals surface area contributed by atoms with E-state index in [1.165, 1.54) is 0 Å². The molecule has 0 bridgehead atoms. The zero-order valence-electron chi connectivity index (χ0n) is 4.51. The number of nitrogens with one attached hydrogen (secondary N) is 1. The Hall–Kier alpha value is 0.0200. The van der Waals surface area contributed by atoms with E-state index in [0.717, 1.165) is 0 Å². The maximum atomic E-state index is 6.73. The van der Waals surface area contributed by atoms with Crippen LogP contribution in [0.1, 0.15) is 13.8 Å². The minimum absolute atomic E-state index is 0.0913. The molecule has 1 unspecified atom stereocenters. The van der Waals surface area contributed by atoms with E-state index in [4.69, 9.17) is 15.2 Å². The smallest absolute Gasteiger partial charge is 0.153 e. The standard InChI is InChI=1S/C3H10N2OP/c1-3(2)6-7(4)5/h3H,1-2H3,(H3,4,5). The maximum absolute atomic E-state index is 6.73. The van der Waals surface area contributed by atoms with Crippen molar-refractivity contribution in [3.05, 3.63) is 0 Å². The van der Waals surface area contributed by atoms with Gasteiger partial charge in [0.2, 0.25) is 0 Å². The first-order chi connectivity index (χ1) is 3.13. The third kappa shape index (κ3) is 6.02. The van der Waals surface area contributed by atoms with Crippen LogP contribution in [-0.4, -0.2) is 6.10 Å². The quantitative estimate of drug-likeness (QED) is 0.543. The second-order valence-corrected chi connectivity index (χ2v) is 2.34. The van der Waals surface area contributed by atoms with Crippen LogP contribution < -0.4 is 5.50 Å². The normalized spacial score (nSPS) is 12.3. The van der Waals surface area contributed by atoms with Crippen LogP contribution in [0.25, 0.3) is 0 Å². The van der Waals surface area contributed by atoms with E-state index in [1.807, 2.05) is 13.8 Å². The van der Waals surface area contributed by atoms with Crippen molar-refractivity contribution in [3.63, 3.8) is 0 Å². The predicted octanol–water partition coefficient (Wildman–Crippen LogP) is 1.44. The molecule has 0 aromatic carbocycles. The highest BCUT2D eigenvalue weighted by Crippen LogP contribution is 2.13. The molecule has 7 heavy (non-hydrogen) atoms. The van der Waals surface area contributed by atoms with Gasteiger partial charge in [-0.25, -0.2) is 0 Å². The summed E-state index contributed by atoms with van der Waals surface area (Å²) in [4.78, 5) is 0. The van der Waals surface area contributed by atoms with Gasteiger partial charge in [-0.1, -0.05) is 0 Å². The summed E-state index contributed by atoms with van der Waals surface area (Å²) < 4.78 is 4.76. The van der Waals surface area contributed by atoms with Crippen LogP contribution in [0.2, 0.25) is 0 Å². The molecule has 0 aliphatic rings. The summed E-state index contributed by atoms with van der Waals surface area (Å²) in [5.41, 5.74) is 5.00. The number of hydrogen-bond acceptors (Lipinski definition) is 2. The van der Waals surface area contributed by atoms with Crippen molar-refractivity contribution in [2.24, 2.45) is 5.50 Å². The van der Waals surface area contributed by atoms with E-state index in [0.29, 0.717) is 0 Å². The molecule has 1 atom stereocenters. The second-order valence-electron chi connectivity index (χ2n) is 1.48. The van der Waals surface area contributed by atoms with Crippen molar-refractivity contribution >= 4 is 8.09 Å². The summed E-state index contributed by atoms with van der Waals surface area (Å²) in [6, 6.07) is 0. The third-order valence-corrected chi connectivity index (χ3v) is 0.973. The Morgan fingerprint density at radius 1 is 1.71 bits per heavy atom. The van der Waals surface area contributed by atoms with Gasteiger partial charge in [0.15, 0.2) is 8.09 Å². The van der Waals surface area contributed by atoms with Crippen molar-refractivity contribution in [3.8, 4) is 0 Å². The molecule has 0 heterocycles. The van der Waals surface area contributed by atoms with Crippen LogP contribution in [0.15, 0.2) is 0 Å². The van der Waals surface area contributed by atoms with E-state index in [-0.39, 0.29) is 6.10 Å². The Balaban J connectivity index is 3.13. The molecule has 0 aliphatic carbocycles. The lowest BCUT2D eigenvalue weighted by atomic mass is 10.5. The number of hydrogen-bond donors (Lipinski definition) is 2.